The molecule has 0 spiro atoms. The van der Waals surface area contributed by atoms with Gasteiger partial charge in [0.1, 0.15) is 0 Å². The second-order valence-corrected chi connectivity index (χ2v) is 5.60. The molecule has 3 heteroatoms. The predicted octanol–water partition coefficient (Wildman–Crippen LogP) is 2.35. The molecular weight excluding hydrogens is 234 g/mol. The fourth-order valence-electron chi connectivity index (χ4n) is 2.28. The van der Waals surface area contributed by atoms with Crippen molar-refractivity contribution >= 4 is 5.69 Å². The van der Waals surface area contributed by atoms with Gasteiger partial charge in [0, 0.05) is 31.4 Å². The van der Waals surface area contributed by atoms with Crippen LogP contribution < -0.4 is 10.6 Å². The van der Waals surface area contributed by atoms with Crippen molar-refractivity contribution in [2.75, 3.05) is 38.6 Å². The zero-order valence-corrected chi connectivity index (χ0v) is 12.9. The van der Waals surface area contributed by atoms with Crippen molar-refractivity contribution < 1.29 is 0 Å². The van der Waals surface area contributed by atoms with Crippen molar-refractivity contribution in [2.45, 2.75) is 32.7 Å². The summed E-state index contributed by atoms with van der Waals surface area (Å²) < 4.78 is 0. The average Bonchev–Trinajstić information content (AvgIpc) is 2.34. The van der Waals surface area contributed by atoms with Crippen LogP contribution >= 0.6 is 0 Å². The van der Waals surface area contributed by atoms with E-state index >= 15 is 0 Å². The summed E-state index contributed by atoms with van der Waals surface area (Å²) in [5.41, 5.74) is 8.68. The van der Waals surface area contributed by atoms with Gasteiger partial charge in [-0.3, -0.25) is 0 Å². The molecule has 3 nitrogen and oxygen atoms in total. The van der Waals surface area contributed by atoms with E-state index in [0.29, 0.717) is 0 Å². The monoisotopic (exact) mass is 263 g/mol. The van der Waals surface area contributed by atoms with Gasteiger partial charge in [0.15, 0.2) is 0 Å². The lowest BCUT2D eigenvalue weighted by molar-refractivity contribution is 0.412. The van der Waals surface area contributed by atoms with E-state index in [2.05, 4.69) is 62.0 Å². The van der Waals surface area contributed by atoms with E-state index in [9.17, 15) is 0 Å². The summed E-state index contributed by atoms with van der Waals surface area (Å²) in [5, 5.41) is 0. The van der Waals surface area contributed by atoms with E-state index in [0.717, 1.165) is 26.1 Å². The number of likely N-dealkylation sites (N-methyl/N-ethyl adjacent to an activating group) is 1. The summed E-state index contributed by atoms with van der Waals surface area (Å²) in [5.74, 6) is 0. The molecule has 0 heterocycles. The van der Waals surface area contributed by atoms with Crippen LogP contribution in [-0.2, 0) is 6.42 Å². The van der Waals surface area contributed by atoms with Crippen LogP contribution in [0.1, 0.15) is 25.8 Å². The zero-order chi connectivity index (χ0) is 14.3. The highest BCUT2D eigenvalue weighted by Crippen LogP contribution is 2.21. The van der Waals surface area contributed by atoms with Crippen molar-refractivity contribution in [1.29, 1.82) is 0 Å². The minimum absolute atomic E-state index is 0.207. The molecule has 19 heavy (non-hydrogen) atoms. The van der Waals surface area contributed by atoms with E-state index in [1.807, 2.05) is 0 Å². The van der Waals surface area contributed by atoms with Crippen LogP contribution in [0.4, 0.5) is 5.69 Å². The normalized spacial score (nSPS) is 12.7. The molecule has 1 aromatic carbocycles. The molecule has 0 bridgehead atoms. The van der Waals surface area contributed by atoms with E-state index in [4.69, 9.17) is 5.73 Å². The molecule has 0 saturated heterocycles. The van der Waals surface area contributed by atoms with Crippen molar-refractivity contribution in [3.63, 3.8) is 0 Å². The maximum atomic E-state index is 5.96. The molecule has 1 unspecified atom stereocenters. The molecule has 0 amide bonds. The molecule has 0 fully saturated rings. The average molecular weight is 263 g/mol. The standard InChI is InChI=1S/C16H29N3/c1-5-10-19(12-11-18(3)4)16-9-7-6-8-15(16)13-14(2)17/h6-9,14H,5,10-13,17H2,1-4H3. The third-order valence-corrected chi connectivity index (χ3v) is 3.18. The molecule has 0 aromatic heterocycles. The number of nitrogens with zero attached hydrogens (tertiary/aromatic N) is 2. The lowest BCUT2D eigenvalue weighted by atomic mass is 10.0. The number of anilines is 1. The molecule has 1 rings (SSSR count). The molecule has 0 saturated carbocycles. The quantitative estimate of drug-likeness (QED) is 0.781. The Labute approximate surface area is 118 Å². The molecule has 0 aliphatic rings. The lowest BCUT2D eigenvalue weighted by Crippen LogP contribution is -2.33. The maximum absolute atomic E-state index is 5.96. The summed E-state index contributed by atoms with van der Waals surface area (Å²) in [6.07, 6.45) is 2.11. The number of nitrogens with two attached hydrogens (primary N) is 1. The number of para-hydroxylation sites is 1. The first-order valence-corrected chi connectivity index (χ1v) is 7.27. The fraction of sp³-hybridized carbons (Fsp3) is 0.625. The summed E-state index contributed by atoms with van der Waals surface area (Å²) in [4.78, 5) is 4.72. The van der Waals surface area contributed by atoms with Crippen LogP contribution in [0.25, 0.3) is 0 Å². The highest BCUT2D eigenvalue weighted by atomic mass is 15.2. The first-order valence-electron chi connectivity index (χ1n) is 7.27. The topological polar surface area (TPSA) is 32.5 Å². The third kappa shape index (κ3) is 5.62. The molecule has 1 atom stereocenters. The van der Waals surface area contributed by atoms with Gasteiger partial charge < -0.3 is 15.5 Å². The third-order valence-electron chi connectivity index (χ3n) is 3.18. The van der Waals surface area contributed by atoms with E-state index < -0.39 is 0 Å². The van der Waals surface area contributed by atoms with Crippen molar-refractivity contribution in [2.24, 2.45) is 5.73 Å². The highest BCUT2D eigenvalue weighted by molar-refractivity contribution is 5.54. The Balaban J connectivity index is 2.87. The Kier molecular flexibility index (Phi) is 6.89. The van der Waals surface area contributed by atoms with Gasteiger partial charge >= 0.3 is 0 Å². The van der Waals surface area contributed by atoms with Gasteiger partial charge in [-0.15, -0.1) is 0 Å². The summed E-state index contributed by atoms with van der Waals surface area (Å²) in [7, 11) is 4.25. The lowest BCUT2D eigenvalue weighted by Gasteiger charge is -2.28. The van der Waals surface area contributed by atoms with Crippen molar-refractivity contribution in [3.05, 3.63) is 29.8 Å². The number of hydrogen-bond donors (Lipinski definition) is 1. The van der Waals surface area contributed by atoms with Gasteiger partial charge in [-0.25, -0.2) is 0 Å². The summed E-state index contributed by atoms with van der Waals surface area (Å²) >= 11 is 0. The zero-order valence-electron chi connectivity index (χ0n) is 12.9. The Morgan fingerprint density at radius 3 is 2.37 bits per heavy atom. The van der Waals surface area contributed by atoms with Crippen LogP contribution in [0.2, 0.25) is 0 Å². The largest absolute Gasteiger partial charge is 0.370 e. The van der Waals surface area contributed by atoms with Gasteiger partial charge in [0.05, 0.1) is 0 Å². The second kappa shape index (κ2) is 8.18. The Morgan fingerprint density at radius 2 is 1.79 bits per heavy atom. The van der Waals surface area contributed by atoms with Gasteiger partial charge in [0.2, 0.25) is 0 Å². The molecule has 108 valence electrons. The smallest absolute Gasteiger partial charge is 0.0399 e. The molecule has 0 radical (unpaired) electrons. The number of benzene rings is 1. The highest BCUT2D eigenvalue weighted by Gasteiger charge is 2.11. The van der Waals surface area contributed by atoms with Crippen LogP contribution in [0.15, 0.2) is 24.3 Å². The number of rotatable bonds is 8. The van der Waals surface area contributed by atoms with Crippen LogP contribution in [0.3, 0.4) is 0 Å². The molecule has 0 aliphatic carbocycles. The fourth-order valence-corrected chi connectivity index (χ4v) is 2.28. The summed E-state index contributed by atoms with van der Waals surface area (Å²) in [6, 6.07) is 8.87. The van der Waals surface area contributed by atoms with Crippen molar-refractivity contribution in [1.82, 2.24) is 4.90 Å². The first-order chi connectivity index (χ1) is 9.04. The number of hydrogen-bond acceptors (Lipinski definition) is 3. The Bertz CT molecular complexity index is 361. The molecular formula is C16H29N3. The Morgan fingerprint density at radius 1 is 1.11 bits per heavy atom. The van der Waals surface area contributed by atoms with Gasteiger partial charge in [-0.05, 0) is 45.5 Å². The summed E-state index contributed by atoms with van der Waals surface area (Å²) in [6.45, 7) is 7.55. The minimum Gasteiger partial charge on any atom is -0.370 e. The van der Waals surface area contributed by atoms with Crippen LogP contribution in [-0.4, -0.2) is 44.7 Å². The molecule has 0 aliphatic heterocycles. The van der Waals surface area contributed by atoms with Gasteiger partial charge in [-0.2, -0.15) is 0 Å². The van der Waals surface area contributed by atoms with Crippen LogP contribution in [0, 0.1) is 0 Å². The first kappa shape index (κ1) is 16.0. The predicted molar refractivity (Wildman–Crippen MR) is 84.9 cm³/mol. The van der Waals surface area contributed by atoms with E-state index in [1.54, 1.807) is 0 Å². The SMILES string of the molecule is CCCN(CCN(C)C)c1ccccc1CC(C)N. The van der Waals surface area contributed by atoms with Gasteiger partial charge in [0.25, 0.3) is 0 Å². The van der Waals surface area contributed by atoms with Crippen LogP contribution in [0.5, 0.6) is 0 Å². The second-order valence-electron chi connectivity index (χ2n) is 5.60. The van der Waals surface area contributed by atoms with Gasteiger partial charge in [-0.1, -0.05) is 25.1 Å². The van der Waals surface area contributed by atoms with E-state index in [1.165, 1.54) is 17.7 Å². The minimum atomic E-state index is 0.207. The maximum Gasteiger partial charge on any atom is 0.0399 e. The molecule has 1 aromatic rings. The van der Waals surface area contributed by atoms with E-state index in [-0.39, 0.29) is 6.04 Å². The Hall–Kier alpha value is -1.06. The molecule has 2 N–H and O–H groups in total. The van der Waals surface area contributed by atoms with Crippen molar-refractivity contribution in [3.8, 4) is 0 Å².